The minimum atomic E-state index is -0.139. The van der Waals surface area contributed by atoms with Gasteiger partial charge in [-0.2, -0.15) is 0 Å². The Morgan fingerprint density at radius 1 is 1.24 bits per heavy atom. The fourth-order valence-corrected chi connectivity index (χ4v) is 4.14. The van der Waals surface area contributed by atoms with Gasteiger partial charge in [0.25, 0.3) is 5.91 Å². The molecular weight excluding hydrogens is 302 g/mol. The van der Waals surface area contributed by atoms with E-state index in [1.54, 1.807) is 11.3 Å². The summed E-state index contributed by atoms with van der Waals surface area (Å²) in [5.41, 5.74) is 2.40. The third-order valence-corrected chi connectivity index (χ3v) is 5.43. The molecular formula is C17H18ClNOS. The molecule has 1 aromatic heterocycles. The summed E-state index contributed by atoms with van der Waals surface area (Å²) < 4.78 is 0. The number of rotatable bonds is 4. The summed E-state index contributed by atoms with van der Waals surface area (Å²) in [4.78, 5) is 14.6. The zero-order valence-corrected chi connectivity index (χ0v) is 13.3. The highest BCUT2D eigenvalue weighted by Crippen LogP contribution is 2.30. The first-order valence-corrected chi connectivity index (χ1v) is 8.66. The van der Waals surface area contributed by atoms with Crippen molar-refractivity contribution in [2.75, 3.05) is 5.88 Å². The fourth-order valence-electron chi connectivity index (χ4n) is 2.73. The van der Waals surface area contributed by atoms with E-state index in [9.17, 15) is 4.79 Å². The third-order valence-electron chi connectivity index (χ3n) is 3.88. The Bertz CT molecular complexity index is 599. The molecule has 1 aliphatic rings. The number of benzene rings is 1. The predicted molar refractivity (Wildman–Crippen MR) is 88.3 cm³/mol. The van der Waals surface area contributed by atoms with Crippen molar-refractivity contribution in [2.24, 2.45) is 0 Å². The molecule has 0 radical (unpaired) electrons. The summed E-state index contributed by atoms with van der Waals surface area (Å²) in [5, 5.41) is 3.05. The van der Waals surface area contributed by atoms with Crippen LogP contribution in [0.2, 0.25) is 0 Å². The van der Waals surface area contributed by atoms with Crippen molar-refractivity contribution in [1.82, 2.24) is 5.32 Å². The second kappa shape index (κ2) is 6.63. The zero-order chi connectivity index (χ0) is 14.7. The van der Waals surface area contributed by atoms with Gasteiger partial charge in [0.1, 0.15) is 0 Å². The Kier molecular flexibility index (Phi) is 4.61. The second-order valence-electron chi connectivity index (χ2n) is 5.36. The molecule has 4 heteroatoms. The number of nitrogens with one attached hydrogen (secondary N) is 1. The summed E-state index contributed by atoms with van der Waals surface area (Å²) in [6.07, 6.45) is 4.70. The van der Waals surface area contributed by atoms with Crippen LogP contribution in [0.25, 0.3) is 0 Å². The van der Waals surface area contributed by atoms with Gasteiger partial charge in [-0.15, -0.1) is 22.9 Å². The number of halogens is 1. The van der Waals surface area contributed by atoms with Crippen molar-refractivity contribution < 1.29 is 4.79 Å². The van der Waals surface area contributed by atoms with E-state index in [1.165, 1.54) is 23.3 Å². The lowest BCUT2D eigenvalue weighted by atomic mass is 9.99. The van der Waals surface area contributed by atoms with E-state index in [0.29, 0.717) is 5.88 Å². The van der Waals surface area contributed by atoms with Gasteiger partial charge in [-0.05, 0) is 42.9 Å². The number of amides is 1. The topological polar surface area (TPSA) is 29.1 Å². The number of alkyl halides is 1. The molecule has 1 atom stereocenters. The van der Waals surface area contributed by atoms with Crippen LogP contribution in [0, 0.1) is 0 Å². The maximum atomic E-state index is 12.4. The van der Waals surface area contributed by atoms with Crippen LogP contribution in [0.4, 0.5) is 0 Å². The molecule has 2 nitrogen and oxygen atoms in total. The number of fused-ring (bicyclic) bond motifs is 1. The molecule has 1 unspecified atom stereocenters. The van der Waals surface area contributed by atoms with Gasteiger partial charge in [-0.25, -0.2) is 0 Å². The fraction of sp³-hybridized carbons (Fsp3) is 0.353. The van der Waals surface area contributed by atoms with Crippen LogP contribution in [-0.2, 0) is 12.8 Å². The molecule has 0 aliphatic heterocycles. The van der Waals surface area contributed by atoms with Crippen LogP contribution < -0.4 is 5.32 Å². The van der Waals surface area contributed by atoms with Gasteiger partial charge in [0.15, 0.2) is 0 Å². The number of thiophene rings is 1. The molecule has 2 aromatic rings. The van der Waals surface area contributed by atoms with E-state index in [1.807, 2.05) is 30.3 Å². The summed E-state index contributed by atoms with van der Waals surface area (Å²) in [7, 11) is 0. The van der Waals surface area contributed by atoms with Crippen molar-refractivity contribution in [2.45, 2.75) is 31.7 Å². The molecule has 1 heterocycles. The van der Waals surface area contributed by atoms with E-state index in [-0.39, 0.29) is 11.9 Å². The Morgan fingerprint density at radius 2 is 2.00 bits per heavy atom. The third kappa shape index (κ3) is 3.30. The number of hydrogen-bond acceptors (Lipinski definition) is 2. The first-order valence-electron chi connectivity index (χ1n) is 7.31. The van der Waals surface area contributed by atoms with E-state index < -0.39 is 0 Å². The molecule has 1 N–H and O–H groups in total. The van der Waals surface area contributed by atoms with Crippen LogP contribution >= 0.6 is 22.9 Å². The van der Waals surface area contributed by atoms with Gasteiger partial charge in [0, 0.05) is 10.8 Å². The SMILES string of the molecule is O=C(NC(CCl)c1ccccc1)c1cc2c(s1)CCCC2. The number of aryl methyl sites for hydroxylation is 2. The normalized spacial score (nSPS) is 15.3. The van der Waals surface area contributed by atoms with E-state index >= 15 is 0 Å². The Balaban J connectivity index is 1.74. The molecule has 3 rings (SSSR count). The van der Waals surface area contributed by atoms with Crippen LogP contribution in [0.5, 0.6) is 0 Å². The lowest BCUT2D eigenvalue weighted by molar-refractivity contribution is 0.0944. The molecule has 110 valence electrons. The van der Waals surface area contributed by atoms with Gasteiger partial charge in [0.2, 0.25) is 0 Å². The summed E-state index contributed by atoms with van der Waals surface area (Å²) >= 11 is 7.66. The molecule has 1 aromatic carbocycles. The number of hydrogen-bond donors (Lipinski definition) is 1. The van der Waals surface area contributed by atoms with E-state index in [0.717, 1.165) is 23.3 Å². The van der Waals surface area contributed by atoms with Gasteiger partial charge < -0.3 is 5.32 Å². The van der Waals surface area contributed by atoms with Crippen molar-refractivity contribution >= 4 is 28.8 Å². The Hall–Kier alpha value is -1.32. The quantitative estimate of drug-likeness (QED) is 0.835. The lowest BCUT2D eigenvalue weighted by Gasteiger charge is -2.15. The largest absolute Gasteiger partial charge is 0.343 e. The molecule has 21 heavy (non-hydrogen) atoms. The molecule has 0 saturated carbocycles. The summed E-state index contributed by atoms with van der Waals surface area (Å²) in [6.45, 7) is 0. The zero-order valence-electron chi connectivity index (χ0n) is 11.8. The molecule has 1 aliphatic carbocycles. The predicted octanol–water partition coefficient (Wildman–Crippen LogP) is 4.34. The molecule has 0 bridgehead atoms. The highest BCUT2D eigenvalue weighted by atomic mass is 35.5. The Labute approximate surface area is 134 Å². The standard InChI is InChI=1S/C17H18ClNOS/c18-11-14(12-6-2-1-3-7-12)19-17(20)16-10-13-8-4-5-9-15(13)21-16/h1-3,6-7,10,14H,4-5,8-9,11H2,(H,19,20). The molecule has 1 amide bonds. The summed E-state index contributed by atoms with van der Waals surface area (Å²) in [6, 6.07) is 11.8. The van der Waals surface area contributed by atoms with Crippen molar-refractivity contribution in [3.8, 4) is 0 Å². The first-order chi connectivity index (χ1) is 10.3. The maximum Gasteiger partial charge on any atom is 0.261 e. The van der Waals surface area contributed by atoms with Gasteiger partial charge in [-0.3, -0.25) is 4.79 Å². The number of carbonyl (C=O) groups is 1. The smallest absolute Gasteiger partial charge is 0.261 e. The van der Waals surface area contributed by atoms with Crippen molar-refractivity contribution in [3.63, 3.8) is 0 Å². The van der Waals surface area contributed by atoms with Gasteiger partial charge in [0.05, 0.1) is 10.9 Å². The van der Waals surface area contributed by atoms with Crippen molar-refractivity contribution in [1.29, 1.82) is 0 Å². The molecule has 0 saturated heterocycles. The van der Waals surface area contributed by atoms with Crippen LogP contribution in [0.3, 0.4) is 0 Å². The summed E-state index contributed by atoms with van der Waals surface area (Å²) in [5.74, 6) is 0.366. The average Bonchev–Trinajstić information content (AvgIpc) is 2.97. The van der Waals surface area contributed by atoms with Crippen LogP contribution in [-0.4, -0.2) is 11.8 Å². The molecule has 0 fully saturated rings. The monoisotopic (exact) mass is 319 g/mol. The number of carbonyl (C=O) groups excluding carboxylic acids is 1. The van der Waals surface area contributed by atoms with Gasteiger partial charge >= 0.3 is 0 Å². The molecule has 0 spiro atoms. The first kappa shape index (κ1) is 14.6. The van der Waals surface area contributed by atoms with Gasteiger partial charge in [-0.1, -0.05) is 30.3 Å². The van der Waals surface area contributed by atoms with Crippen LogP contribution in [0.15, 0.2) is 36.4 Å². The van der Waals surface area contributed by atoms with E-state index in [2.05, 4.69) is 11.4 Å². The second-order valence-corrected chi connectivity index (χ2v) is 6.80. The highest BCUT2D eigenvalue weighted by molar-refractivity contribution is 7.14. The average molecular weight is 320 g/mol. The highest BCUT2D eigenvalue weighted by Gasteiger charge is 2.20. The minimum absolute atomic E-state index is 0.0103. The maximum absolute atomic E-state index is 12.4. The van der Waals surface area contributed by atoms with Crippen LogP contribution in [0.1, 0.15) is 44.6 Å². The van der Waals surface area contributed by atoms with Crippen molar-refractivity contribution in [3.05, 3.63) is 57.3 Å². The Morgan fingerprint density at radius 3 is 2.71 bits per heavy atom. The van der Waals surface area contributed by atoms with E-state index in [4.69, 9.17) is 11.6 Å². The minimum Gasteiger partial charge on any atom is -0.343 e. The lowest BCUT2D eigenvalue weighted by Crippen LogP contribution is -2.29.